The number of carbonyl (C=O) groups is 2. The number of rotatable bonds is 4. The fraction of sp³-hybridized carbons (Fsp3) is 0.0500. The van der Waals surface area contributed by atoms with Crippen molar-refractivity contribution < 1.29 is 22.8 Å². The van der Waals surface area contributed by atoms with Crippen LogP contribution >= 0.6 is 11.6 Å². The van der Waals surface area contributed by atoms with Gasteiger partial charge in [-0.3, -0.25) is 9.59 Å². The summed E-state index contributed by atoms with van der Waals surface area (Å²) in [7, 11) is 0. The number of benzene rings is 2. The molecule has 0 fully saturated rings. The summed E-state index contributed by atoms with van der Waals surface area (Å²) in [4.78, 5) is 28.6. The summed E-state index contributed by atoms with van der Waals surface area (Å²) < 4.78 is 39.3. The number of amides is 2. The monoisotopic (exact) mass is 419 g/mol. The maximum absolute atomic E-state index is 13.1. The van der Waals surface area contributed by atoms with Crippen LogP contribution in [0.2, 0.25) is 5.02 Å². The van der Waals surface area contributed by atoms with E-state index in [1.54, 1.807) is 6.07 Å². The van der Waals surface area contributed by atoms with Crippen LogP contribution in [-0.4, -0.2) is 16.8 Å². The average molecular weight is 420 g/mol. The van der Waals surface area contributed by atoms with Crippen molar-refractivity contribution in [3.63, 3.8) is 0 Å². The molecule has 0 spiro atoms. The van der Waals surface area contributed by atoms with Gasteiger partial charge in [-0.1, -0.05) is 29.8 Å². The Kier molecular flexibility index (Phi) is 5.84. The standard InChI is InChI=1S/C20H13ClF3N3O2/c21-13-8-9-17(25-11-13)27-18(28)12-4-3-5-14(10-12)26-19(29)15-6-1-2-7-16(15)20(22,23)24/h1-11H,(H,26,29)(H,25,27,28). The van der Waals surface area contributed by atoms with Crippen LogP contribution in [0.1, 0.15) is 26.3 Å². The number of aromatic nitrogens is 1. The molecule has 2 aromatic carbocycles. The highest BCUT2D eigenvalue weighted by Crippen LogP contribution is 2.32. The first-order valence-electron chi connectivity index (χ1n) is 8.24. The van der Waals surface area contributed by atoms with Crippen molar-refractivity contribution in [3.8, 4) is 0 Å². The number of alkyl halides is 3. The van der Waals surface area contributed by atoms with Crippen LogP contribution in [-0.2, 0) is 6.18 Å². The summed E-state index contributed by atoms with van der Waals surface area (Å²) in [6.45, 7) is 0. The van der Waals surface area contributed by atoms with Crippen molar-refractivity contribution in [2.24, 2.45) is 0 Å². The smallest absolute Gasteiger partial charge is 0.322 e. The minimum atomic E-state index is -4.67. The van der Waals surface area contributed by atoms with Gasteiger partial charge >= 0.3 is 6.18 Å². The number of anilines is 2. The lowest BCUT2D eigenvalue weighted by Gasteiger charge is -2.13. The molecular weight excluding hydrogens is 407 g/mol. The lowest BCUT2D eigenvalue weighted by atomic mass is 10.1. The molecule has 0 aliphatic heterocycles. The van der Waals surface area contributed by atoms with Gasteiger partial charge in [-0.05, 0) is 42.5 Å². The molecule has 0 bridgehead atoms. The quantitative estimate of drug-likeness (QED) is 0.606. The molecule has 1 aromatic heterocycles. The van der Waals surface area contributed by atoms with E-state index in [1.165, 1.54) is 48.7 Å². The van der Waals surface area contributed by atoms with Crippen molar-refractivity contribution >= 4 is 34.9 Å². The van der Waals surface area contributed by atoms with E-state index >= 15 is 0 Å². The van der Waals surface area contributed by atoms with Gasteiger partial charge in [0.15, 0.2) is 0 Å². The van der Waals surface area contributed by atoms with Crippen molar-refractivity contribution in [2.45, 2.75) is 6.18 Å². The van der Waals surface area contributed by atoms with E-state index in [4.69, 9.17) is 11.6 Å². The molecule has 0 radical (unpaired) electrons. The van der Waals surface area contributed by atoms with Crippen molar-refractivity contribution in [2.75, 3.05) is 10.6 Å². The van der Waals surface area contributed by atoms with Crippen LogP contribution in [0.3, 0.4) is 0 Å². The Hall–Kier alpha value is -3.39. The highest BCUT2D eigenvalue weighted by Gasteiger charge is 2.34. The van der Waals surface area contributed by atoms with Crippen LogP contribution < -0.4 is 10.6 Å². The van der Waals surface area contributed by atoms with Gasteiger partial charge in [-0.2, -0.15) is 13.2 Å². The number of hydrogen-bond donors (Lipinski definition) is 2. The maximum atomic E-state index is 13.1. The topological polar surface area (TPSA) is 71.1 Å². The van der Waals surface area contributed by atoms with Gasteiger partial charge in [0, 0.05) is 17.4 Å². The van der Waals surface area contributed by atoms with E-state index in [2.05, 4.69) is 15.6 Å². The van der Waals surface area contributed by atoms with Gasteiger partial charge in [0.25, 0.3) is 11.8 Å². The largest absolute Gasteiger partial charge is 0.417 e. The number of halogens is 4. The van der Waals surface area contributed by atoms with Crippen LogP contribution in [0.4, 0.5) is 24.7 Å². The molecule has 1 heterocycles. The van der Waals surface area contributed by atoms with Crippen molar-refractivity contribution in [1.29, 1.82) is 0 Å². The Morgan fingerprint density at radius 1 is 0.897 bits per heavy atom. The number of nitrogens with zero attached hydrogens (tertiary/aromatic N) is 1. The minimum Gasteiger partial charge on any atom is -0.322 e. The Morgan fingerprint density at radius 2 is 1.66 bits per heavy atom. The Bertz CT molecular complexity index is 1050. The van der Waals surface area contributed by atoms with E-state index in [0.29, 0.717) is 5.02 Å². The normalized spacial score (nSPS) is 11.0. The molecule has 2 amide bonds. The summed E-state index contributed by atoms with van der Waals surface area (Å²) in [5.41, 5.74) is -1.20. The third-order valence-corrected chi connectivity index (χ3v) is 4.05. The fourth-order valence-corrected chi connectivity index (χ4v) is 2.61. The third-order valence-electron chi connectivity index (χ3n) is 3.83. The first-order chi connectivity index (χ1) is 13.7. The van der Waals surface area contributed by atoms with Crippen LogP contribution in [0.25, 0.3) is 0 Å². The van der Waals surface area contributed by atoms with Gasteiger partial charge in [-0.15, -0.1) is 0 Å². The molecule has 0 saturated carbocycles. The Labute approximate surface area is 168 Å². The van der Waals surface area contributed by atoms with E-state index in [9.17, 15) is 22.8 Å². The molecule has 29 heavy (non-hydrogen) atoms. The SMILES string of the molecule is O=C(Nc1ccc(Cl)cn1)c1cccc(NC(=O)c2ccccc2C(F)(F)F)c1. The van der Waals surface area contributed by atoms with Crippen LogP contribution in [0.5, 0.6) is 0 Å². The van der Waals surface area contributed by atoms with Crippen molar-refractivity contribution in [1.82, 2.24) is 4.98 Å². The molecule has 9 heteroatoms. The number of pyridine rings is 1. The highest BCUT2D eigenvalue weighted by atomic mass is 35.5. The lowest BCUT2D eigenvalue weighted by Crippen LogP contribution is -2.19. The van der Waals surface area contributed by atoms with Gasteiger partial charge in [-0.25, -0.2) is 4.98 Å². The van der Waals surface area contributed by atoms with Gasteiger partial charge in [0.2, 0.25) is 0 Å². The molecule has 0 atom stereocenters. The summed E-state index contributed by atoms with van der Waals surface area (Å²) in [5.74, 6) is -1.17. The Morgan fingerprint density at radius 3 is 2.34 bits per heavy atom. The molecule has 2 N–H and O–H groups in total. The zero-order valence-corrected chi connectivity index (χ0v) is 15.4. The number of carbonyl (C=O) groups excluding carboxylic acids is 2. The second-order valence-electron chi connectivity index (χ2n) is 5.89. The predicted octanol–water partition coefficient (Wildman–Crippen LogP) is 5.26. The van der Waals surface area contributed by atoms with E-state index < -0.39 is 29.1 Å². The van der Waals surface area contributed by atoms with Gasteiger partial charge in [0.05, 0.1) is 16.1 Å². The van der Waals surface area contributed by atoms with E-state index in [0.717, 1.165) is 12.1 Å². The zero-order valence-electron chi connectivity index (χ0n) is 14.6. The van der Waals surface area contributed by atoms with Gasteiger partial charge in [0.1, 0.15) is 5.82 Å². The molecule has 148 valence electrons. The molecule has 0 aliphatic carbocycles. The number of hydrogen-bond acceptors (Lipinski definition) is 3. The zero-order chi connectivity index (χ0) is 21.0. The van der Waals surface area contributed by atoms with Crippen LogP contribution in [0, 0.1) is 0 Å². The summed E-state index contributed by atoms with van der Waals surface area (Å²) in [6, 6.07) is 13.3. The van der Waals surface area contributed by atoms with Crippen LogP contribution in [0.15, 0.2) is 66.9 Å². The average Bonchev–Trinajstić information content (AvgIpc) is 2.69. The maximum Gasteiger partial charge on any atom is 0.417 e. The molecule has 5 nitrogen and oxygen atoms in total. The summed E-state index contributed by atoms with van der Waals surface area (Å²) >= 11 is 5.74. The first kappa shape index (κ1) is 20.3. The molecule has 0 unspecified atom stereocenters. The second kappa shape index (κ2) is 8.32. The first-order valence-corrected chi connectivity index (χ1v) is 8.62. The number of nitrogens with one attached hydrogen (secondary N) is 2. The second-order valence-corrected chi connectivity index (χ2v) is 6.33. The summed E-state index contributed by atoms with van der Waals surface area (Å²) in [6.07, 6.45) is -3.30. The van der Waals surface area contributed by atoms with Gasteiger partial charge < -0.3 is 10.6 Å². The van der Waals surface area contributed by atoms with E-state index in [1.807, 2.05) is 0 Å². The molecule has 0 saturated heterocycles. The highest BCUT2D eigenvalue weighted by molar-refractivity contribution is 6.30. The summed E-state index contributed by atoms with van der Waals surface area (Å²) in [5, 5.41) is 5.35. The molecule has 0 aliphatic rings. The molecular formula is C20H13ClF3N3O2. The lowest BCUT2D eigenvalue weighted by molar-refractivity contribution is -0.137. The van der Waals surface area contributed by atoms with E-state index in [-0.39, 0.29) is 17.1 Å². The predicted molar refractivity (Wildman–Crippen MR) is 103 cm³/mol. The van der Waals surface area contributed by atoms with Crippen molar-refractivity contribution in [3.05, 3.63) is 88.6 Å². The molecule has 3 aromatic rings. The third kappa shape index (κ3) is 5.11. The molecule has 3 rings (SSSR count). The Balaban J connectivity index is 1.77. The minimum absolute atomic E-state index is 0.170. The fourth-order valence-electron chi connectivity index (χ4n) is 2.50.